The monoisotopic (exact) mass is 390 g/mol. The summed E-state index contributed by atoms with van der Waals surface area (Å²) in [7, 11) is 0. The van der Waals surface area contributed by atoms with Crippen molar-refractivity contribution in [2.24, 2.45) is 0 Å². The van der Waals surface area contributed by atoms with Gasteiger partial charge in [0.1, 0.15) is 11.6 Å². The molecule has 1 amide bonds. The van der Waals surface area contributed by atoms with E-state index in [-0.39, 0.29) is 24.4 Å². The van der Waals surface area contributed by atoms with Crippen LogP contribution in [0.5, 0.6) is 5.75 Å². The molecule has 5 heteroatoms. The highest BCUT2D eigenvalue weighted by atomic mass is 19.1. The van der Waals surface area contributed by atoms with Crippen LogP contribution in [-0.4, -0.2) is 28.9 Å². The van der Waals surface area contributed by atoms with E-state index < -0.39 is 0 Å². The Hall–Kier alpha value is -3.21. The smallest absolute Gasteiger partial charge is 0.261 e. The first kappa shape index (κ1) is 19.1. The number of hydrogen-bond acceptors (Lipinski definition) is 3. The van der Waals surface area contributed by atoms with Gasteiger partial charge in [0.25, 0.3) is 5.91 Å². The molecule has 29 heavy (non-hydrogen) atoms. The van der Waals surface area contributed by atoms with E-state index in [1.807, 2.05) is 59.5 Å². The predicted octanol–water partition coefficient (Wildman–Crippen LogP) is 4.55. The van der Waals surface area contributed by atoms with Gasteiger partial charge in [-0.2, -0.15) is 0 Å². The number of likely N-dealkylation sites (tertiary alicyclic amines) is 1. The summed E-state index contributed by atoms with van der Waals surface area (Å²) in [5.74, 6) is 0.412. The first-order valence-corrected chi connectivity index (χ1v) is 9.87. The van der Waals surface area contributed by atoms with E-state index in [1.54, 1.807) is 12.1 Å². The number of benzene rings is 2. The fourth-order valence-electron chi connectivity index (χ4n) is 3.74. The van der Waals surface area contributed by atoms with Gasteiger partial charge in [-0.05, 0) is 48.7 Å². The minimum Gasteiger partial charge on any atom is -0.484 e. The molecule has 1 atom stereocenters. The fraction of sp³-hybridized carbons (Fsp3) is 0.250. The summed E-state index contributed by atoms with van der Waals surface area (Å²) in [5.41, 5.74) is 2.27. The molecule has 4 rings (SSSR count). The predicted molar refractivity (Wildman–Crippen MR) is 109 cm³/mol. The van der Waals surface area contributed by atoms with Crippen molar-refractivity contribution in [3.63, 3.8) is 0 Å². The van der Waals surface area contributed by atoms with Gasteiger partial charge < -0.3 is 9.64 Å². The number of aromatic nitrogens is 1. The highest BCUT2D eigenvalue weighted by Gasteiger charge is 2.31. The van der Waals surface area contributed by atoms with Gasteiger partial charge in [-0.15, -0.1) is 0 Å². The largest absolute Gasteiger partial charge is 0.484 e. The number of carbonyl (C=O) groups is 1. The Labute approximate surface area is 170 Å². The molecule has 1 aromatic heterocycles. The van der Waals surface area contributed by atoms with Crippen LogP contribution < -0.4 is 4.74 Å². The van der Waals surface area contributed by atoms with Crippen molar-refractivity contribution in [2.45, 2.75) is 25.3 Å². The van der Waals surface area contributed by atoms with E-state index in [4.69, 9.17) is 9.72 Å². The molecule has 0 spiro atoms. The highest BCUT2D eigenvalue weighted by molar-refractivity contribution is 5.78. The summed E-state index contributed by atoms with van der Waals surface area (Å²) >= 11 is 0. The van der Waals surface area contributed by atoms with Crippen LogP contribution in [0.1, 0.15) is 35.8 Å². The van der Waals surface area contributed by atoms with Crippen LogP contribution in [0.4, 0.5) is 4.39 Å². The van der Waals surface area contributed by atoms with Gasteiger partial charge in [-0.3, -0.25) is 9.78 Å². The minimum absolute atomic E-state index is 0.00936. The zero-order chi connectivity index (χ0) is 20.1. The number of nitrogens with zero attached hydrogens (tertiary/aromatic N) is 2. The Balaban J connectivity index is 1.45. The van der Waals surface area contributed by atoms with Crippen LogP contribution in [0.3, 0.4) is 0 Å². The molecule has 1 unspecified atom stereocenters. The van der Waals surface area contributed by atoms with E-state index in [0.29, 0.717) is 24.3 Å². The third-order valence-electron chi connectivity index (χ3n) is 5.18. The van der Waals surface area contributed by atoms with Gasteiger partial charge in [0, 0.05) is 18.7 Å². The first-order valence-electron chi connectivity index (χ1n) is 9.87. The summed E-state index contributed by atoms with van der Waals surface area (Å²) in [6.07, 6.45) is 2.23. The topological polar surface area (TPSA) is 42.4 Å². The summed E-state index contributed by atoms with van der Waals surface area (Å²) in [6, 6.07) is 21.8. The number of amides is 1. The SMILES string of the molecule is O=C(COc1ccccc1)N1CCCC1c1cccc(Cc2ccccc2F)n1. The second-order valence-corrected chi connectivity index (χ2v) is 7.17. The van der Waals surface area contributed by atoms with Crippen molar-refractivity contribution in [3.05, 3.63) is 95.6 Å². The number of halogens is 1. The molecule has 2 aromatic carbocycles. The Kier molecular flexibility index (Phi) is 5.84. The maximum Gasteiger partial charge on any atom is 0.261 e. The van der Waals surface area contributed by atoms with Crippen molar-refractivity contribution in [3.8, 4) is 5.75 Å². The lowest BCUT2D eigenvalue weighted by Crippen LogP contribution is -2.34. The second-order valence-electron chi connectivity index (χ2n) is 7.17. The number of hydrogen-bond donors (Lipinski definition) is 0. The van der Waals surface area contributed by atoms with Crippen molar-refractivity contribution in [1.29, 1.82) is 0 Å². The number of rotatable bonds is 6. The molecule has 0 N–H and O–H groups in total. The molecule has 1 saturated heterocycles. The molecule has 0 aliphatic carbocycles. The van der Waals surface area contributed by atoms with Crippen LogP contribution in [0, 0.1) is 5.82 Å². The molecule has 3 aromatic rings. The van der Waals surface area contributed by atoms with E-state index in [1.165, 1.54) is 6.07 Å². The van der Waals surface area contributed by atoms with Gasteiger partial charge in [-0.1, -0.05) is 42.5 Å². The average molecular weight is 390 g/mol. The van der Waals surface area contributed by atoms with Crippen LogP contribution >= 0.6 is 0 Å². The molecule has 1 aliphatic rings. The van der Waals surface area contributed by atoms with Crippen molar-refractivity contribution in [2.75, 3.05) is 13.2 Å². The molecule has 2 heterocycles. The average Bonchev–Trinajstić information content (AvgIpc) is 3.25. The molecule has 0 bridgehead atoms. The quantitative estimate of drug-likeness (QED) is 0.620. The van der Waals surface area contributed by atoms with Crippen molar-refractivity contribution < 1.29 is 13.9 Å². The van der Waals surface area contributed by atoms with E-state index in [0.717, 1.165) is 24.2 Å². The Morgan fingerprint density at radius 2 is 1.83 bits per heavy atom. The van der Waals surface area contributed by atoms with Gasteiger partial charge in [0.15, 0.2) is 6.61 Å². The molecule has 4 nitrogen and oxygen atoms in total. The molecule has 0 saturated carbocycles. The molecule has 1 fully saturated rings. The molecule has 148 valence electrons. The summed E-state index contributed by atoms with van der Waals surface area (Å²) in [6.45, 7) is 0.705. The Morgan fingerprint density at radius 1 is 1.03 bits per heavy atom. The zero-order valence-corrected chi connectivity index (χ0v) is 16.1. The number of para-hydroxylation sites is 1. The summed E-state index contributed by atoms with van der Waals surface area (Å²) < 4.78 is 19.6. The summed E-state index contributed by atoms with van der Waals surface area (Å²) in [4.78, 5) is 19.3. The number of carbonyl (C=O) groups excluding carboxylic acids is 1. The third kappa shape index (κ3) is 4.62. The highest BCUT2D eigenvalue weighted by Crippen LogP contribution is 2.31. The second kappa shape index (κ2) is 8.86. The van der Waals surface area contributed by atoms with Crippen molar-refractivity contribution >= 4 is 5.91 Å². The molecular formula is C24H23FN2O2. The molecule has 1 aliphatic heterocycles. The van der Waals surface area contributed by atoms with Crippen LogP contribution in [0.2, 0.25) is 0 Å². The van der Waals surface area contributed by atoms with Crippen molar-refractivity contribution in [1.82, 2.24) is 9.88 Å². The normalized spacial score (nSPS) is 16.0. The third-order valence-corrected chi connectivity index (χ3v) is 5.18. The van der Waals surface area contributed by atoms with E-state index >= 15 is 0 Å². The van der Waals surface area contributed by atoms with Crippen LogP contribution in [-0.2, 0) is 11.2 Å². The van der Waals surface area contributed by atoms with Gasteiger partial charge >= 0.3 is 0 Å². The van der Waals surface area contributed by atoms with Gasteiger partial charge in [-0.25, -0.2) is 4.39 Å². The van der Waals surface area contributed by atoms with E-state index in [9.17, 15) is 9.18 Å². The lowest BCUT2D eigenvalue weighted by Gasteiger charge is -2.24. The zero-order valence-electron chi connectivity index (χ0n) is 16.1. The fourth-order valence-corrected chi connectivity index (χ4v) is 3.74. The number of pyridine rings is 1. The van der Waals surface area contributed by atoms with Crippen LogP contribution in [0.15, 0.2) is 72.8 Å². The Morgan fingerprint density at radius 3 is 2.66 bits per heavy atom. The maximum atomic E-state index is 14.0. The number of ether oxygens (including phenoxy) is 1. The van der Waals surface area contributed by atoms with E-state index in [2.05, 4.69) is 0 Å². The molecular weight excluding hydrogens is 367 g/mol. The van der Waals surface area contributed by atoms with Gasteiger partial charge in [0.2, 0.25) is 0 Å². The van der Waals surface area contributed by atoms with Crippen LogP contribution in [0.25, 0.3) is 0 Å². The minimum atomic E-state index is -0.226. The lowest BCUT2D eigenvalue weighted by atomic mass is 10.1. The summed E-state index contributed by atoms with van der Waals surface area (Å²) in [5, 5.41) is 0. The maximum absolute atomic E-state index is 14.0. The Bertz CT molecular complexity index is 977. The lowest BCUT2D eigenvalue weighted by molar-refractivity contribution is -0.134. The standard InChI is InChI=1S/C24H23FN2O2/c25-21-12-5-4-8-18(21)16-19-9-6-13-22(26-19)23-14-7-15-27(23)24(28)17-29-20-10-2-1-3-11-20/h1-6,8-13,23H,7,14-17H2. The van der Waals surface area contributed by atoms with Gasteiger partial charge in [0.05, 0.1) is 11.7 Å². The molecule has 0 radical (unpaired) electrons. The first-order chi connectivity index (χ1) is 14.2.